The van der Waals surface area contributed by atoms with Gasteiger partial charge in [0.25, 0.3) is 0 Å². The predicted octanol–water partition coefficient (Wildman–Crippen LogP) is 3.17. The van der Waals surface area contributed by atoms with Crippen molar-refractivity contribution >= 4 is 29.1 Å². The maximum atomic E-state index is 6.12. The normalized spacial score (nSPS) is 17.5. The van der Waals surface area contributed by atoms with Gasteiger partial charge >= 0.3 is 0 Å². The van der Waals surface area contributed by atoms with Gasteiger partial charge in [0.05, 0.1) is 12.3 Å². The molecule has 1 unspecified atom stereocenters. The Morgan fingerprint density at radius 3 is 3.09 bits per heavy atom. The second kappa shape index (κ2) is 6.89. The van der Waals surface area contributed by atoms with Crippen molar-refractivity contribution in [3.05, 3.63) is 35.0 Å². The van der Waals surface area contributed by atoms with Crippen LogP contribution in [0.3, 0.4) is 0 Å². The van der Waals surface area contributed by atoms with Crippen LogP contribution >= 0.6 is 11.6 Å². The molecular formula is C15H18ClN5O. The highest BCUT2D eigenvalue weighted by atomic mass is 35.5. The van der Waals surface area contributed by atoms with Gasteiger partial charge in [0.15, 0.2) is 5.82 Å². The summed E-state index contributed by atoms with van der Waals surface area (Å²) < 4.78 is 5.56. The first-order valence-corrected chi connectivity index (χ1v) is 7.67. The van der Waals surface area contributed by atoms with Crippen molar-refractivity contribution in [1.29, 1.82) is 0 Å². The molecule has 1 saturated heterocycles. The molecule has 1 aliphatic heterocycles. The van der Waals surface area contributed by atoms with Gasteiger partial charge in [-0.15, -0.1) is 5.10 Å². The number of ether oxygens (including phenoxy) is 1. The number of aryl methyl sites for hydroxylation is 1. The van der Waals surface area contributed by atoms with Gasteiger partial charge < -0.3 is 15.4 Å². The van der Waals surface area contributed by atoms with Crippen molar-refractivity contribution in [3.63, 3.8) is 0 Å². The van der Waals surface area contributed by atoms with E-state index >= 15 is 0 Å². The number of rotatable bonds is 5. The van der Waals surface area contributed by atoms with Crippen LogP contribution in [0, 0.1) is 6.92 Å². The summed E-state index contributed by atoms with van der Waals surface area (Å²) in [5, 5.41) is 15.0. The zero-order chi connectivity index (χ0) is 15.4. The fraction of sp³-hybridized carbons (Fsp3) is 0.400. The highest BCUT2D eigenvalue weighted by Gasteiger charge is 2.15. The molecule has 3 rings (SSSR count). The lowest BCUT2D eigenvalue weighted by Crippen LogP contribution is -2.20. The third-order valence-corrected chi connectivity index (χ3v) is 3.92. The highest BCUT2D eigenvalue weighted by molar-refractivity contribution is 6.31. The van der Waals surface area contributed by atoms with Crippen LogP contribution in [0.25, 0.3) is 0 Å². The molecule has 2 heterocycles. The Morgan fingerprint density at radius 1 is 1.41 bits per heavy atom. The van der Waals surface area contributed by atoms with E-state index in [1.807, 2.05) is 25.1 Å². The summed E-state index contributed by atoms with van der Waals surface area (Å²) in [6.07, 6.45) is 3.99. The summed E-state index contributed by atoms with van der Waals surface area (Å²) in [5.41, 5.74) is 1.90. The van der Waals surface area contributed by atoms with Crippen molar-refractivity contribution in [1.82, 2.24) is 15.2 Å². The molecule has 0 radical (unpaired) electrons. The molecular weight excluding hydrogens is 302 g/mol. The molecule has 116 valence electrons. The number of hydrogen-bond acceptors (Lipinski definition) is 6. The Labute approximate surface area is 134 Å². The number of benzene rings is 1. The first-order chi connectivity index (χ1) is 10.7. The lowest BCUT2D eigenvalue weighted by Gasteiger charge is -2.11. The van der Waals surface area contributed by atoms with Gasteiger partial charge in [-0.2, -0.15) is 10.1 Å². The third kappa shape index (κ3) is 3.84. The van der Waals surface area contributed by atoms with Crippen molar-refractivity contribution in [2.24, 2.45) is 0 Å². The molecule has 2 aromatic rings. The van der Waals surface area contributed by atoms with E-state index in [-0.39, 0.29) is 6.10 Å². The van der Waals surface area contributed by atoms with E-state index in [2.05, 4.69) is 25.8 Å². The van der Waals surface area contributed by atoms with Gasteiger partial charge in [-0.3, -0.25) is 0 Å². The van der Waals surface area contributed by atoms with E-state index in [1.54, 1.807) is 6.20 Å². The van der Waals surface area contributed by atoms with Gasteiger partial charge in [0.2, 0.25) is 5.95 Å². The average Bonchev–Trinajstić information content (AvgIpc) is 3.03. The minimum atomic E-state index is 0.233. The summed E-state index contributed by atoms with van der Waals surface area (Å²) in [6, 6.07) is 5.76. The van der Waals surface area contributed by atoms with E-state index in [4.69, 9.17) is 16.3 Å². The van der Waals surface area contributed by atoms with Crippen LogP contribution in [0.15, 0.2) is 24.4 Å². The third-order valence-electron chi connectivity index (χ3n) is 3.51. The molecule has 0 amide bonds. The molecule has 1 atom stereocenters. The Bertz CT molecular complexity index is 646. The van der Waals surface area contributed by atoms with Crippen LogP contribution in [-0.4, -0.2) is 34.4 Å². The summed E-state index contributed by atoms with van der Waals surface area (Å²) in [6.45, 7) is 3.49. The Hall–Kier alpha value is -1.92. The number of nitrogens with one attached hydrogen (secondary N) is 2. The Kier molecular flexibility index (Phi) is 4.70. The molecule has 0 aliphatic carbocycles. The molecule has 1 fully saturated rings. The fourth-order valence-electron chi connectivity index (χ4n) is 2.27. The van der Waals surface area contributed by atoms with Crippen LogP contribution in [0.2, 0.25) is 5.02 Å². The van der Waals surface area contributed by atoms with Crippen molar-refractivity contribution in [3.8, 4) is 0 Å². The van der Waals surface area contributed by atoms with Gasteiger partial charge in [-0.1, -0.05) is 17.7 Å². The molecule has 0 saturated carbocycles. The van der Waals surface area contributed by atoms with Gasteiger partial charge in [0, 0.05) is 23.9 Å². The van der Waals surface area contributed by atoms with E-state index in [0.717, 1.165) is 30.7 Å². The van der Waals surface area contributed by atoms with Gasteiger partial charge in [0.1, 0.15) is 0 Å². The van der Waals surface area contributed by atoms with Gasteiger partial charge in [-0.05, 0) is 37.5 Å². The van der Waals surface area contributed by atoms with Crippen LogP contribution in [0.5, 0.6) is 0 Å². The van der Waals surface area contributed by atoms with E-state index in [0.29, 0.717) is 23.3 Å². The molecule has 1 aliphatic rings. The van der Waals surface area contributed by atoms with E-state index in [1.165, 1.54) is 0 Å². The Balaban J connectivity index is 1.63. The maximum Gasteiger partial charge on any atom is 0.244 e. The summed E-state index contributed by atoms with van der Waals surface area (Å²) >= 11 is 6.12. The number of anilines is 3. The number of aromatic nitrogens is 3. The van der Waals surface area contributed by atoms with Crippen molar-refractivity contribution in [2.45, 2.75) is 25.9 Å². The SMILES string of the molecule is Cc1ccc(Nc2cnnc(NCC3CCCO3)n2)cc1Cl. The molecule has 22 heavy (non-hydrogen) atoms. The summed E-state index contributed by atoms with van der Waals surface area (Å²) in [5.74, 6) is 1.10. The lowest BCUT2D eigenvalue weighted by molar-refractivity contribution is 0.120. The number of hydrogen-bond donors (Lipinski definition) is 2. The van der Waals surface area contributed by atoms with Crippen LogP contribution < -0.4 is 10.6 Å². The number of nitrogens with zero attached hydrogens (tertiary/aromatic N) is 3. The maximum absolute atomic E-state index is 6.12. The minimum Gasteiger partial charge on any atom is -0.376 e. The van der Waals surface area contributed by atoms with E-state index in [9.17, 15) is 0 Å². The standard InChI is InChI=1S/C15H18ClN5O/c1-10-4-5-11(7-13(10)16)19-14-9-18-21-15(20-14)17-8-12-3-2-6-22-12/h4-5,7,9,12H,2-3,6,8H2,1H3,(H2,17,19,20,21). The fourth-order valence-corrected chi connectivity index (χ4v) is 2.45. The first-order valence-electron chi connectivity index (χ1n) is 7.29. The smallest absolute Gasteiger partial charge is 0.244 e. The highest BCUT2D eigenvalue weighted by Crippen LogP contribution is 2.22. The molecule has 7 heteroatoms. The Morgan fingerprint density at radius 2 is 2.32 bits per heavy atom. The summed E-state index contributed by atoms with van der Waals surface area (Å²) in [7, 11) is 0. The van der Waals surface area contributed by atoms with Crippen LogP contribution in [0.4, 0.5) is 17.5 Å². The second-order valence-electron chi connectivity index (χ2n) is 5.27. The molecule has 1 aromatic heterocycles. The predicted molar refractivity (Wildman–Crippen MR) is 86.8 cm³/mol. The molecule has 0 spiro atoms. The topological polar surface area (TPSA) is 72.0 Å². The molecule has 6 nitrogen and oxygen atoms in total. The van der Waals surface area contributed by atoms with Crippen molar-refractivity contribution < 1.29 is 4.74 Å². The minimum absolute atomic E-state index is 0.233. The monoisotopic (exact) mass is 319 g/mol. The largest absolute Gasteiger partial charge is 0.376 e. The van der Waals surface area contributed by atoms with Gasteiger partial charge in [-0.25, -0.2) is 0 Å². The number of halogens is 1. The second-order valence-corrected chi connectivity index (χ2v) is 5.68. The first kappa shape index (κ1) is 15.0. The van der Waals surface area contributed by atoms with Crippen LogP contribution in [0.1, 0.15) is 18.4 Å². The van der Waals surface area contributed by atoms with Crippen LogP contribution in [-0.2, 0) is 4.74 Å². The van der Waals surface area contributed by atoms with Crippen molar-refractivity contribution in [2.75, 3.05) is 23.8 Å². The lowest BCUT2D eigenvalue weighted by atomic mass is 10.2. The van der Waals surface area contributed by atoms with E-state index < -0.39 is 0 Å². The quantitative estimate of drug-likeness (QED) is 0.882. The average molecular weight is 320 g/mol. The molecule has 0 bridgehead atoms. The summed E-state index contributed by atoms with van der Waals surface area (Å²) in [4.78, 5) is 4.39. The zero-order valence-electron chi connectivity index (χ0n) is 12.3. The molecule has 2 N–H and O–H groups in total. The molecule has 1 aromatic carbocycles. The zero-order valence-corrected chi connectivity index (χ0v) is 13.1.